The molecule has 2 aromatic carbocycles. The Kier molecular flexibility index (Phi) is 7.46. The standard InChI is InChI=1S/C28H30O6/c1-32-24-14-11-21(12-15-24)22(18-23(29)13-10-20-8-4-2-5-9-20)19-25-26(30)33-28(34-27(25)31)16-6-3-7-17-28/h2,4-5,8-15,22,25H,3,6-7,16-19H2,1H3/b13-10-. The Hall–Kier alpha value is -3.41. The quantitative estimate of drug-likeness (QED) is 0.304. The Morgan fingerprint density at radius 1 is 1.00 bits per heavy atom. The molecule has 0 bridgehead atoms. The third kappa shape index (κ3) is 5.74. The fourth-order valence-electron chi connectivity index (χ4n) is 4.68. The van der Waals surface area contributed by atoms with E-state index in [4.69, 9.17) is 14.2 Å². The highest BCUT2D eigenvalue weighted by molar-refractivity contribution is 5.97. The average molecular weight is 463 g/mol. The first-order valence-corrected chi connectivity index (χ1v) is 11.8. The number of carbonyl (C=O) groups is 3. The molecule has 1 saturated heterocycles. The number of rotatable bonds is 8. The molecule has 2 aliphatic rings. The minimum absolute atomic E-state index is 0.0917. The number of esters is 2. The molecule has 178 valence electrons. The van der Waals surface area contributed by atoms with Gasteiger partial charge in [-0.25, -0.2) is 0 Å². The van der Waals surface area contributed by atoms with Crippen LogP contribution in [0.2, 0.25) is 0 Å². The summed E-state index contributed by atoms with van der Waals surface area (Å²) in [6.07, 6.45) is 7.46. The molecule has 6 nitrogen and oxygen atoms in total. The maximum absolute atomic E-state index is 12.9. The summed E-state index contributed by atoms with van der Waals surface area (Å²) in [5, 5.41) is 0. The molecule has 2 fully saturated rings. The normalized spacial score (nSPS) is 19.0. The van der Waals surface area contributed by atoms with Crippen LogP contribution in [0.25, 0.3) is 6.08 Å². The van der Waals surface area contributed by atoms with Crippen LogP contribution < -0.4 is 4.74 Å². The lowest BCUT2D eigenvalue weighted by atomic mass is 9.84. The van der Waals surface area contributed by atoms with Crippen LogP contribution in [0.4, 0.5) is 0 Å². The molecule has 1 atom stereocenters. The summed E-state index contributed by atoms with van der Waals surface area (Å²) in [6.45, 7) is 0. The van der Waals surface area contributed by atoms with Crippen molar-refractivity contribution in [3.63, 3.8) is 0 Å². The first-order valence-electron chi connectivity index (χ1n) is 11.8. The van der Waals surface area contributed by atoms with Crippen molar-refractivity contribution >= 4 is 23.8 Å². The number of methoxy groups -OCH3 is 1. The lowest BCUT2D eigenvalue weighted by Gasteiger charge is -2.41. The van der Waals surface area contributed by atoms with E-state index < -0.39 is 23.6 Å². The molecule has 0 amide bonds. The topological polar surface area (TPSA) is 78.9 Å². The summed E-state index contributed by atoms with van der Waals surface area (Å²) in [5.74, 6) is -3.02. The zero-order chi connectivity index (χ0) is 24.0. The van der Waals surface area contributed by atoms with Gasteiger partial charge in [-0.2, -0.15) is 0 Å². The Labute approximate surface area is 199 Å². The van der Waals surface area contributed by atoms with E-state index in [0.717, 1.165) is 30.4 Å². The second kappa shape index (κ2) is 10.7. The van der Waals surface area contributed by atoms with E-state index in [1.54, 1.807) is 31.4 Å². The zero-order valence-corrected chi connectivity index (χ0v) is 19.4. The Morgan fingerprint density at radius 2 is 1.65 bits per heavy atom. The number of hydrogen-bond donors (Lipinski definition) is 0. The maximum atomic E-state index is 12.9. The molecule has 1 aliphatic heterocycles. The zero-order valence-electron chi connectivity index (χ0n) is 19.4. The number of allylic oxidation sites excluding steroid dienone is 1. The van der Waals surface area contributed by atoms with Crippen molar-refractivity contribution in [2.75, 3.05) is 7.11 Å². The smallest absolute Gasteiger partial charge is 0.323 e. The molecule has 34 heavy (non-hydrogen) atoms. The highest BCUT2D eigenvalue weighted by atomic mass is 16.7. The second-order valence-corrected chi connectivity index (χ2v) is 8.99. The van der Waals surface area contributed by atoms with Gasteiger partial charge in [0.25, 0.3) is 5.79 Å². The third-order valence-electron chi connectivity index (χ3n) is 6.57. The van der Waals surface area contributed by atoms with Gasteiger partial charge in [0.1, 0.15) is 5.75 Å². The third-order valence-corrected chi connectivity index (χ3v) is 6.57. The Bertz CT molecular complexity index is 1010. The monoisotopic (exact) mass is 462 g/mol. The molecule has 1 heterocycles. The van der Waals surface area contributed by atoms with Gasteiger partial charge in [-0.15, -0.1) is 0 Å². The van der Waals surface area contributed by atoms with Gasteiger partial charge >= 0.3 is 11.9 Å². The minimum Gasteiger partial charge on any atom is -0.497 e. The molecular formula is C28H30O6. The van der Waals surface area contributed by atoms with E-state index in [2.05, 4.69) is 0 Å². The summed E-state index contributed by atoms with van der Waals surface area (Å²) in [4.78, 5) is 38.6. The van der Waals surface area contributed by atoms with E-state index in [0.29, 0.717) is 18.6 Å². The van der Waals surface area contributed by atoms with Gasteiger partial charge in [0, 0.05) is 19.3 Å². The molecule has 1 unspecified atom stereocenters. The highest BCUT2D eigenvalue weighted by Gasteiger charge is 2.49. The number of ether oxygens (including phenoxy) is 3. The molecule has 0 aromatic heterocycles. The first-order chi connectivity index (χ1) is 16.5. The number of benzene rings is 2. The van der Waals surface area contributed by atoms with Gasteiger partial charge in [0.05, 0.1) is 7.11 Å². The van der Waals surface area contributed by atoms with Gasteiger partial charge in [0.2, 0.25) is 0 Å². The van der Waals surface area contributed by atoms with Crippen LogP contribution in [-0.2, 0) is 23.9 Å². The molecule has 4 rings (SSSR count). The predicted molar refractivity (Wildman–Crippen MR) is 127 cm³/mol. The van der Waals surface area contributed by atoms with Crippen LogP contribution in [0.3, 0.4) is 0 Å². The van der Waals surface area contributed by atoms with Crippen LogP contribution in [-0.4, -0.2) is 30.6 Å². The fraction of sp³-hybridized carbons (Fsp3) is 0.393. The van der Waals surface area contributed by atoms with Crippen LogP contribution >= 0.6 is 0 Å². The van der Waals surface area contributed by atoms with Crippen molar-refractivity contribution in [2.24, 2.45) is 5.92 Å². The maximum Gasteiger partial charge on any atom is 0.323 e. The summed E-state index contributed by atoms with van der Waals surface area (Å²) < 4.78 is 16.6. The average Bonchev–Trinajstić information content (AvgIpc) is 2.85. The van der Waals surface area contributed by atoms with E-state index in [-0.39, 0.29) is 24.5 Å². The molecule has 1 spiro atoms. The summed E-state index contributed by atoms with van der Waals surface area (Å²) >= 11 is 0. The van der Waals surface area contributed by atoms with Gasteiger partial charge < -0.3 is 14.2 Å². The van der Waals surface area contributed by atoms with Gasteiger partial charge in [-0.1, -0.05) is 55.0 Å². The highest BCUT2D eigenvalue weighted by Crippen LogP contribution is 2.40. The second-order valence-electron chi connectivity index (χ2n) is 8.99. The van der Waals surface area contributed by atoms with Crippen molar-refractivity contribution in [2.45, 2.75) is 56.7 Å². The van der Waals surface area contributed by atoms with Crippen LogP contribution in [0, 0.1) is 5.92 Å². The van der Waals surface area contributed by atoms with Crippen molar-refractivity contribution in [1.82, 2.24) is 0 Å². The molecule has 0 N–H and O–H groups in total. The van der Waals surface area contributed by atoms with E-state index >= 15 is 0 Å². The van der Waals surface area contributed by atoms with Crippen molar-refractivity contribution < 1.29 is 28.6 Å². The van der Waals surface area contributed by atoms with E-state index in [1.807, 2.05) is 42.5 Å². The SMILES string of the molecule is COc1ccc(C(CC(=O)/C=C\c2ccccc2)CC2C(=O)OC3(CCCCC3)OC2=O)cc1. The van der Waals surface area contributed by atoms with Crippen LogP contribution in [0.5, 0.6) is 5.75 Å². The lowest BCUT2D eigenvalue weighted by Crippen LogP contribution is -2.51. The summed E-state index contributed by atoms with van der Waals surface area (Å²) in [6, 6.07) is 16.9. The predicted octanol–water partition coefficient (Wildman–Crippen LogP) is 5.22. The first kappa shape index (κ1) is 23.7. The molecule has 0 radical (unpaired) electrons. The number of hydrogen-bond acceptors (Lipinski definition) is 6. The molecule has 2 aromatic rings. The van der Waals surface area contributed by atoms with Crippen molar-refractivity contribution in [3.05, 3.63) is 71.8 Å². The molecule has 1 aliphatic carbocycles. The fourth-order valence-corrected chi connectivity index (χ4v) is 4.68. The summed E-state index contributed by atoms with van der Waals surface area (Å²) in [5.41, 5.74) is 1.77. The van der Waals surface area contributed by atoms with Crippen molar-refractivity contribution in [3.8, 4) is 5.75 Å². The Morgan fingerprint density at radius 3 is 2.26 bits per heavy atom. The largest absolute Gasteiger partial charge is 0.497 e. The summed E-state index contributed by atoms with van der Waals surface area (Å²) in [7, 11) is 1.58. The molecule has 6 heteroatoms. The van der Waals surface area contributed by atoms with Gasteiger partial charge in [0.15, 0.2) is 11.7 Å². The van der Waals surface area contributed by atoms with Gasteiger partial charge in [-0.3, -0.25) is 14.4 Å². The van der Waals surface area contributed by atoms with E-state index in [9.17, 15) is 14.4 Å². The molecule has 1 saturated carbocycles. The number of ketones is 1. The lowest BCUT2D eigenvalue weighted by molar-refractivity contribution is -0.261. The van der Waals surface area contributed by atoms with E-state index in [1.165, 1.54) is 0 Å². The number of carbonyl (C=O) groups excluding carboxylic acids is 3. The van der Waals surface area contributed by atoms with Gasteiger partial charge in [-0.05, 0) is 54.5 Å². The minimum atomic E-state index is -1.10. The molecular weight excluding hydrogens is 432 g/mol. The van der Waals surface area contributed by atoms with Crippen LogP contribution in [0.15, 0.2) is 60.7 Å². The van der Waals surface area contributed by atoms with Crippen LogP contribution in [0.1, 0.15) is 62.0 Å². The van der Waals surface area contributed by atoms with Crippen molar-refractivity contribution in [1.29, 1.82) is 0 Å². The Balaban J connectivity index is 1.50.